The molecule has 0 saturated carbocycles. The van der Waals surface area contributed by atoms with Crippen LogP contribution in [0.2, 0.25) is 4.34 Å². The zero-order valence-corrected chi connectivity index (χ0v) is 11.7. The fourth-order valence-electron chi connectivity index (χ4n) is 2.71. The van der Waals surface area contributed by atoms with Crippen molar-refractivity contribution in [2.45, 2.75) is 31.3 Å². The van der Waals surface area contributed by atoms with E-state index in [4.69, 9.17) is 11.6 Å². The maximum absolute atomic E-state index is 11.4. The minimum absolute atomic E-state index is 0.120. The Bertz CT molecular complexity index is 538. The fraction of sp³-hybridized carbons (Fsp3) is 0.636. The normalized spacial score (nSPS) is 30.6. The first-order valence-corrected chi connectivity index (χ1v) is 8.80. The van der Waals surface area contributed by atoms with E-state index >= 15 is 0 Å². The molecule has 1 aromatic rings. The summed E-state index contributed by atoms with van der Waals surface area (Å²) < 4.78 is 23.6. The van der Waals surface area contributed by atoms with Crippen LogP contribution in [0, 0.1) is 0 Å². The van der Waals surface area contributed by atoms with E-state index in [2.05, 4.69) is 5.32 Å². The van der Waals surface area contributed by atoms with Gasteiger partial charge < -0.3 is 5.32 Å². The lowest BCUT2D eigenvalue weighted by atomic mass is 10.1. The van der Waals surface area contributed by atoms with Gasteiger partial charge >= 0.3 is 0 Å². The van der Waals surface area contributed by atoms with Crippen LogP contribution in [0.3, 0.4) is 0 Å². The molecule has 1 fully saturated rings. The number of hydrogen-bond acceptors (Lipinski definition) is 4. The predicted octanol–water partition coefficient (Wildman–Crippen LogP) is 2.17. The average molecular weight is 292 g/mol. The van der Waals surface area contributed by atoms with Gasteiger partial charge in [-0.05, 0) is 30.9 Å². The molecule has 1 saturated heterocycles. The molecule has 94 valence electrons. The SMILES string of the molecule is O=S1(=O)CCC(NC2CCc3sc(Cl)cc32)C1. The molecule has 1 aliphatic heterocycles. The van der Waals surface area contributed by atoms with Gasteiger partial charge in [-0.1, -0.05) is 11.6 Å². The number of nitrogens with one attached hydrogen (secondary N) is 1. The molecule has 0 amide bonds. The number of fused-ring (bicyclic) bond motifs is 1. The van der Waals surface area contributed by atoms with E-state index in [-0.39, 0.29) is 11.8 Å². The van der Waals surface area contributed by atoms with Crippen LogP contribution in [0.5, 0.6) is 0 Å². The third-order valence-electron chi connectivity index (χ3n) is 3.52. The van der Waals surface area contributed by atoms with Crippen LogP contribution in [-0.2, 0) is 16.3 Å². The lowest BCUT2D eigenvalue weighted by Crippen LogP contribution is -2.32. The van der Waals surface area contributed by atoms with Gasteiger partial charge in [-0.2, -0.15) is 0 Å². The smallest absolute Gasteiger partial charge is 0.151 e. The lowest BCUT2D eigenvalue weighted by Gasteiger charge is -2.17. The standard InChI is InChI=1S/C11H14ClNO2S2/c12-11-5-8-9(1-2-10(8)16-11)13-7-3-4-17(14,15)6-7/h5,7,9,13H,1-4,6H2. The Hall–Kier alpha value is -0.100. The van der Waals surface area contributed by atoms with Crippen molar-refractivity contribution in [2.24, 2.45) is 0 Å². The Morgan fingerprint density at radius 1 is 1.41 bits per heavy atom. The molecule has 1 aromatic heterocycles. The van der Waals surface area contributed by atoms with Crippen molar-refractivity contribution in [3.05, 3.63) is 20.8 Å². The van der Waals surface area contributed by atoms with E-state index < -0.39 is 9.84 Å². The van der Waals surface area contributed by atoms with Crippen molar-refractivity contribution in [3.8, 4) is 0 Å². The van der Waals surface area contributed by atoms with Gasteiger partial charge in [0.15, 0.2) is 9.84 Å². The van der Waals surface area contributed by atoms with Crippen molar-refractivity contribution in [1.82, 2.24) is 5.32 Å². The van der Waals surface area contributed by atoms with E-state index in [1.165, 1.54) is 10.4 Å². The third kappa shape index (κ3) is 2.38. The van der Waals surface area contributed by atoms with Gasteiger partial charge in [0.05, 0.1) is 15.8 Å². The number of halogens is 1. The highest BCUT2D eigenvalue weighted by molar-refractivity contribution is 7.91. The van der Waals surface area contributed by atoms with Crippen LogP contribution >= 0.6 is 22.9 Å². The Morgan fingerprint density at radius 2 is 2.24 bits per heavy atom. The Morgan fingerprint density at radius 3 is 2.94 bits per heavy atom. The highest BCUT2D eigenvalue weighted by atomic mass is 35.5. The first kappa shape index (κ1) is 12.0. The molecule has 6 heteroatoms. The molecule has 0 bridgehead atoms. The zero-order valence-electron chi connectivity index (χ0n) is 9.28. The summed E-state index contributed by atoms with van der Waals surface area (Å²) in [6.07, 6.45) is 2.87. The van der Waals surface area contributed by atoms with Gasteiger partial charge in [-0.25, -0.2) is 8.42 Å². The van der Waals surface area contributed by atoms with E-state index in [1.807, 2.05) is 6.07 Å². The molecule has 3 nitrogen and oxygen atoms in total. The molecular weight excluding hydrogens is 278 g/mol. The molecule has 1 N–H and O–H groups in total. The van der Waals surface area contributed by atoms with Crippen LogP contribution in [-0.4, -0.2) is 26.0 Å². The van der Waals surface area contributed by atoms with Crippen molar-refractivity contribution >= 4 is 32.8 Å². The number of aryl methyl sites for hydroxylation is 1. The molecule has 2 atom stereocenters. The third-order valence-corrected chi connectivity index (χ3v) is 6.62. The van der Waals surface area contributed by atoms with Gasteiger partial charge in [-0.3, -0.25) is 0 Å². The van der Waals surface area contributed by atoms with E-state index in [9.17, 15) is 8.42 Å². The van der Waals surface area contributed by atoms with Crippen molar-refractivity contribution < 1.29 is 8.42 Å². The first-order valence-electron chi connectivity index (χ1n) is 5.78. The molecule has 0 spiro atoms. The molecule has 1 aliphatic carbocycles. The predicted molar refractivity (Wildman–Crippen MR) is 70.6 cm³/mol. The van der Waals surface area contributed by atoms with Crippen molar-refractivity contribution in [3.63, 3.8) is 0 Å². The van der Waals surface area contributed by atoms with Crippen LogP contribution in [0.1, 0.15) is 29.3 Å². The molecular formula is C11H14ClNO2S2. The van der Waals surface area contributed by atoms with Gasteiger partial charge in [0.25, 0.3) is 0 Å². The van der Waals surface area contributed by atoms with Crippen LogP contribution < -0.4 is 5.32 Å². The van der Waals surface area contributed by atoms with Gasteiger partial charge in [-0.15, -0.1) is 11.3 Å². The summed E-state index contributed by atoms with van der Waals surface area (Å²) >= 11 is 7.65. The quantitative estimate of drug-likeness (QED) is 0.908. The summed E-state index contributed by atoms with van der Waals surface area (Å²) in [5.41, 5.74) is 1.28. The topological polar surface area (TPSA) is 46.2 Å². The number of sulfone groups is 1. The first-order chi connectivity index (χ1) is 8.03. The number of thiophene rings is 1. The van der Waals surface area contributed by atoms with Crippen molar-refractivity contribution in [2.75, 3.05) is 11.5 Å². The number of hydrogen-bond donors (Lipinski definition) is 1. The molecule has 3 rings (SSSR count). The summed E-state index contributed by atoms with van der Waals surface area (Å²) in [5, 5.41) is 3.47. The fourth-order valence-corrected chi connectivity index (χ4v) is 5.76. The van der Waals surface area contributed by atoms with Crippen LogP contribution in [0.4, 0.5) is 0 Å². The highest BCUT2D eigenvalue weighted by Gasteiger charge is 2.32. The second-order valence-corrected chi connectivity index (χ2v) is 8.78. The molecule has 0 aromatic carbocycles. The molecule has 2 heterocycles. The van der Waals surface area contributed by atoms with Gasteiger partial charge in [0, 0.05) is 17.0 Å². The largest absolute Gasteiger partial charge is 0.306 e. The van der Waals surface area contributed by atoms with E-state index in [0.717, 1.165) is 23.6 Å². The second-order valence-electron chi connectivity index (χ2n) is 4.79. The van der Waals surface area contributed by atoms with E-state index in [0.29, 0.717) is 11.8 Å². The molecule has 17 heavy (non-hydrogen) atoms. The summed E-state index contributed by atoms with van der Waals surface area (Å²) in [6, 6.07) is 2.44. The highest BCUT2D eigenvalue weighted by Crippen LogP contribution is 2.39. The second kappa shape index (κ2) is 4.23. The summed E-state index contributed by atoms with van der Waals surface area (Å²) in [7, 11) is -2.80. The molecule has 0 radical (unpaired) electrons. The van der Waals surface area contributed by atoms with Crippen LogP contribution in [0.15, 0.2) is 6.07 Å². The Balaban J connectivity index is 1.72. The maximum atomic E-state index is 11.4. The monoisotopic (exact) mass is 291 g/mol. The molecule has 2 unspecified atom stereocenters. The Kier molecular flexibility index (Phi) is 2.97. The van der Waals surface area contributed by atoms with Gasteiger partial charge in [0.1, 0.15) is 0 Å². The van der Waals surface area contributed by atoms with Crippen molar-refractivity contribution in [1.29, 1.82) is 0 Å². The average Bonchev–Trinajstić information content (AvgIpc) is 2.84. The maximum Gasteiger partial charge on any atom is 0.151 e. The Labute approximate surface area is 110 Å². The summed E-state index contributed by atoms with van der Waals surface area (Å²) in [5.74, 6) is 0.616. The lowest BCUT2D eigenvalue weighted by molar-refractivity contribution is 0.458. The summed E-state index contributed by atoms with van der Waals surface area (Å²) in [4.78, 5) is 1.35. The van der Waals surface area contributed by atoms with Crippen LogP contribution in [0.25, 0.3) is 0 Å². The zero-order chi connectivity index (χ0) is 12.0. The minimum atomic E-state index is -2.80. The molecule has 2 aliphatic rings. The number of rotatable bonds is 2. The van der Waals surface area contributed by atoms with E-state index in [1.54, 1.807) is 11.3 Å². The minimum Gasteiger partial charge on any atom is -0.306 e. The van der Waals surface area contributed by atoms with Gasteiger partial charge in [0.2, 0.25) is 0 Å². The summed E-state index contributed by atoms with van der Waals surface area (Å²) in [6.45, 7) is 0.